The molecule has 2 heteroatoms. The van der Waals surface area contributed by atoms with Gasteiger partial charge in [0.25, 0.3) is 0 Å². The molecule has 8 atom stereocenters. The summed E-state index contributed by atoms with van der Waals surface area (Å²) < 4.78 is 0. The SMILES string of the molecule is CN[C@H]1CC[C@@]2(C)C(CC[C@@H]3C2CC[C@]2(C)[C@@H](c4ccc5ccncc5c4)CC[C@@H]32)C1. The minimum absolute atomic E-state index is 0.489. The van der Waals surface area contributed by atoms with Crippen LogP contribution in [0.2, 0.25) is 0 Å². The molecule has 4 aliphatic carbocycles. The van der Waals surface area contributed by atoms with Crippen molar-refractivity contribution >= 4 is 10.8 Å². The van der Waals surface area contributed by atoms with Crippen molar-refractivity contribution in [1.29, 1.82) is 0 Å². The van der Waals surface area contributed by atoms with E-state index in [-0.39, 0.29) is 0 Å². The van der Waals surface area contributed by atoms with Crippen molar-refractivity contribution in [3.05, 3.63) is 42.2 Å². The number of fused-ring (bicyclic) bond motifs is 6. The molecule has 4 saturated carbocycles. The van der Waals surface area contributed by atoms with E-state index in [1.165, 1.54) is 68.6 Å². The van der Waals surface area contributed by atoms with Crippen LogP contribution in [0.3, 0.4) is 0 Å². The second-order valence-corrected chi connectivity index (χ2v) is 12.1. The Hall–Kier alpha value is -1.41. The van der Waals surface area contributed by atoms with Gasteiger partial charge in [0, 0.05) is 23.8 Å². The average molecular weight is 417 g/mol. The molecule has 2 nitrogen and oxygen atoms in total. The molecule has 4 aliphatic rings. The lowest BCUT2D eigenvalue weighted by atomic mass is 9.44. The van der Waals surface area contributed by atoms with E-state index >= 15 is 0 Å². The van der Waals surface area contributed by atoms with Crippen molar-refractivity contribution < 1.29 is 0 Å². The number of pyridine rings is 1. The van der Waals surface area contributed by atoms with Gasteiger partial charge in [0.05, 0.1) is 0 Å². The van der Waals surface area contributed by atoms with Crippen LogP contribution < -0.4 is 5.32 Å². The van der Waals surface area contributed by atoms with Gasteiger partial charge in [0.2, 0.25) is 0 Å². The van der Waals surface area contributed by atoms with Gasteiger partial charge in [-0.3, -0.25) is 4.98 Å². The fraction of sp³-hybridized carbons (Fsp3) is 0.690. The summed E-state index contributed by atoms with van der Waals surface area (Å²) in [5.74, 6) is 4.56. The zero-order valence-corrected chi connectivity index (χ0v) is 19.7. The van der Waals surface area contributed by atoms with Crippen LogP contribution in [0.1, 0.15) is 83.1 Å². The summed E-state index contributed by atoms with van der Waals surface area (Å²) in [6, 6.07) is 10.1. The second kappa shape index (κ2) is 7.30. The highest BCUT2D eigenvalue weighted by molar-refractivity contribution is 5.82. The van der Waals surface area contributed by atoms with E-state index in [4.69, 9.17) is 0 Å². The van der Waals surface area contributed by atoms with Crippen LogP contribution in [0, 0.1) is 34.5 Å². The molecule has 166 valence electrons. The zero-order chi connectivity index (χ0) is 21.2. The highest BCUT2D eigenvalue weighted by Gasteiger charge is 2.60. The summed E-state index contributed by atoms with van der Waals surface area (Å²) in [4.78, 5) is 4.39. The lowest BCUT2D eigenvalue weighted by Crippen LogP contribution is -2.54. The molecule has 1 aromatic carbocycles. The van der Waals surface area contributed by atoms with Gasteiger partial charge < -0.3 is 5.32 Å². The number of nitrogens with zero attached hydrogens (tertiary/aromatic N) is 1. The van der Waals surface area contributed by atoms with Crippen LogP contribution in [0.5, 0.6) is 0 Å². The molecular formula is C29H40N2. The van der Waals surface area contributed by atoms with Crippen LogP contribution in [-0.2, 0) is 0 Å². The quantitative estimate of drug-likeness (QED) is 0.573. The molecule has 6 rings (SSSR count). The molecule has 1 N–H and O–H groups in total. The van der Waals surface area contributed by atoms with Crippen LogP contribution in [0.25, 0.3) is 10.8 Å². The third kappa shape index (κ3) is 2.96. The van der Waals surface area contributed by atoms with Crippen LogP contribution in [0.4, 0.5) is 0 Å². The van der Waals surface area contributed by atoms with Gasteiger partial charge >= 0.3 is 0 Å². The zero-order valence-electron chi connectivity index (χ0n) is 19.7. The Morgan fingerprint density at radius 2 is 1.71 bits per heavy atom. The molecule has 1 aromatic heterocycles. The Bertz CT molecular complexity index is 968. The van der Waals surface area contributed by atoms with E-state index in [0.717, 1.165) is 35.6 Å². The Labute approximate surface area is 188 Å². The first-order valence-electron chi connectivity index (χ1n) is 13.0. The maximum absolute atomic E-state index is 4.39. The predicted octanol–water partition coefficient (Wildman–Crippen LogP) is 6.95. The molecule has 31 heavy (non-hydrogen) atoms. The van der Waals surface area contributed by atoms with Crippen molar-refractivity contribution in [2.24, 2.45) is 34.5 Å². The van der Waals surface area contributed by atoms with E-state index in [1.807, 2.05) is 12.4 Å². The molecule has 1 heterocycles. The minimum Gasteiger partial charge on any atom is -0.317 e. The van der Waals surface area contributed by atoms with E-state index in [1.54, 1.807) is 5.56 Å². The molecule has 2 unspecified atom stereocenters. The maximum atomic E-state index is 4.39. The minimum atomic E-state index is 0.489. The standard InChI is InChI=1S/C29H40N2/c1-28-13-10-23(30-3)17-22(28)6-7-24-26-9-8-25(29(26,2)14-11-27(24)28)20-5-4-19-12-15-31-18-21(19)16-20/h4-5,12,15-16,18,22-27,30H,6-11,13-14,17H2,1-3H3/t22?,23-,24-,25+,26-,27?,28-,29+/m0/s1. The highest BCUT2D eigenvalue weighted by atomic mass is 14.9. The fourth-order valence-electron chi connectivity index (χ4n) is 9.39. The van der Waals surface area contributed by atoms with E-state index in [2.05, 4.69) is 55.5 Å². The van der Waals surface area contributed by atoms with Gasteiger partial charge in [-0.05, 0) is 128 Å². The number of rotatable bonds is 2. The maximum Gasteiger partial charge on any atom is 0.0346 e. The number of aromatic nitrogens is 1. The summed E-state index contributed by atoms with van der Waals surface area (Å²) in [7, 11) is 2.17. The van der Waals surface area contributed by atoms with Crippen LogP contribution in [0.15, 0.2) is 36.7 Å². The molecule has 0 amide bonds. The topological polar surface area (TPSA) is 24.9 Å². The summed E-state index contributed by atoms with van der Waals surface area (Å²) in [5.41, 5.74) is 2.67. The van der Waals surface area contributed by atoms with E-state index in [9.17, 15) is 0 Å². The number of nitrogens with one attached hydrogen (secondary N) is 1. The Kier molecular flexibility index (Phi) is 4.76. The first kappa shape index (κ1) is 20.2. The summed E-state index contributed by atoms with van der Waals surface area (Å²) in [6.45, 7) is 5.37. The third-order valence-electron chi connectivity index (χ3n) is 11.1. The van der Waals surface area contributed by atoms with Crippen molar-refractivity contribution in [2.75, 3.05) is 7.05 Å². The smallest absolute Gasteiger partial charge is 0.0346 e. The normalized spacial score (nSPS) is 44.5. The second-order valence-electron chi connectivity index (χ2n) is 12.1. The highest BCUT2D eigenvalue weighted by Crippen LogP contribution is 2.69. The number of hydrogen-bond acceptors (Lipinski definition) is 2. The largest absolute Gasteiger partial charge is 0.317 e. The van der Waals surface area contributed by atoms with E-state index < -0.39 is 0 Å². The van der Waals surface area contributed by atoms with Gasteiger partial charge in [-0.1, -0.05) is 26.0 Å². The predicted molar refractivity (Wildman–Crippen MR) is 129 cm³/mol. The summed E-state index contributed by atoms with van der Waals surface area (Å²) in [6.07, 6.45) is 17.0. The molecule has 0 bridgehead atoms. The first-order valence-corrected chi connectivity index (χ1v) is 13.0. The first-order chi connectivity index (χ1) is 15.0. The lowest BCUT2D eigenvalue weighted by molar-refractivity contribution is -0.109. The summed E-state index contributed by atoms with van der Waals surface area (Å²) in [5, 5.41) is 6.24. The Morgan fingerprint density at radius 3 is 2.58 bits per heavy atom. The van der Waals surface area contributed by atoms with Gasteiger partial charge in [0.1, 0.15) is 0 Å². The van der Waals surface area contributed by atoms with Gasteiger partial charge in [-0.25, -0.2) is 0 Å². The molecule has 0 radical (unpaired) electrons. The third-order valence-corrected chi connectivity index (χ3v) is 11.1. The van der Waals surface area contributed by atoms with E-state index in [0.29, 0.717) is 10.8 Å². The van der Waals surface area contributed by atoms with Crippen molar-refractivity contribution in [3.63, 3.8) is 0 Å². The molecule has 0 saturated heterocycles. The fourth-order valence-corrected chi connectivity index (χ4v) is 9.39. The lowest BCUT2D eigenvalue weighted by Gasteiger charge is -2.61. The number of hydrogen-bond donors (Lipinski definition) is 1. The van der Waals surface area contributed by atoms with Crippen LogP contribution in [-0.4, -0.2) is 18.1 Å². The average Bonchev–Trinajstić information content (AvgIpc) is 3.15. The molecule has 0 aliphatic heterocycles. The van der Waals surface area contributed by atoms with Crippen molar-refractivity contribution in [3.8, 4) is 0 Å². The van der Waals surface area contributed by atoms with Gasteiger partial charge in [-0.2, -0.15) is 0 Å². The molecule has 0 spiro atoms. The van der Waals surface area contributed by atoms with Crippen molar-refractivity contribution in [2.45, 2.75) is 83.6 Å². The number of benzene rings is 1. The van der Waals surface area contributed by atoms with Gasteiger partial charge in [-0.15, -0.1) is 0 Å². The Balaban J connectivity index is 1.28. The molecule has 2 aromatic rings. The monoisotopic (exact) mass is 416 g/mol. The molecular weight excluding hydrogens is 376 g/mol. The van der Waals surface area contributed by atoms with Gasteiger partial charge in [0.15, 0.2) is 0 Å². The Morgan fingerprint density at radius 1 is 0.871 bits per heavy atom. The molecule has 4 fully saturated rings. The van der Waals surface area contributed by atoms with Crippen molar-refractivity contribution in [1.82, 2.24) is 10.3 Å². The van der Waals surface area contributed by atoms with Crippen LogP contribution >= 0.6 is 0 Å². The summed E-state index contributed by atoms with van der Waals surface area (Å²) >= 11 is 0.